The van der Waals surface area contributed by atoms with Crippen molar-refractivity contribution < 1.29 is 4.79 Å². The smallest absolute Gasteiger partial charge is 0.161 e. The number of anilines is 1. The number of hydrogen-bond acceptors (Lipinski definition) is 4. The maximum Gasteiger partial charge on any atom is 0.161 e. The molecule has 0 atom stereocenters. The van der Waals surface area contributed by atoms with E-state index in [4.69, 9.17) is 0 Å². The Balaban J connectivity index is 2.28. The molecule has 19 heavy (non-hydrogen) atoms. The number of nitriles is 1. The second-order valence-electron chi connectivity index (χ2n) is 4.79. The van der Waals surface area contributed by atoms with E-state index >= 15 is 0 Å². The van der Waals surface area contributed by atoms with Gasteiger partial charge >= 0.3 is 0 Å². The van der Waals surface area contributed by atoms with Gasteiger partial charge in [-0.3, -0.25) is 4.79 Å². The molecule has 1 heterocycles. The van der Waals surface area contributed by atoms with E-state index in [1.54, 1.807) is 6.07 Å². The monoisotopic (exact) mass is 257 g/mol. The zero-order valence-electron chi connectivity index (χ0n) is 11.5. The zero-order chi connectivity index (χ0) is 13.8. The number of nitrogens with zero attached hydrogens (tertiary/aromatic N) is 3. The Morgan fingerprint density at radius 2 is 2.00 bits per heavy atom. The fraction of sp³-hybridized carbons (Fsp3) is 0.467. The van der Waals surface area contributed by atoms with E-state index in [1.807, 2.05) is 12.1 Å². The van der Waals surface area contributed by atoms with Crippen LogP contribution in [0.5, 0.6) is 0 Å². The van der Waals surface area contributed by atoms with Crippen LogP contribution >= 0.6 is 0 Å². The summed E-state index contributed by atoms with van der Waals surface area (Å²) in [5.41, 5.74) is 1.93. The van der Waals surface area contributed by atoms with Crippen molar-refractivity contribution >= 4 is 11.5 Å². The van der Waals surface area contributed by atoms with Crippen molar-refractivity contribution in [1.82, 2.24) is 4.90 Å². The molecule has 100 valence electrons. The van der Waals surface area contributed by atoms with Crippen molar-refractivity contribution in [3.8, 4) is 6.07 Å². The van der Waals surface area contributed by atoms with Gasteiger partial charge in [0.1, 0.15) is 6.07 Å². The molecule has 1 aliphatic heterocycles. The average molecular weight is 257 g/mol. The van der Waals surface area contributed by atoms with Crippen LogP contribution in [0, 0.1) is 11.3 Å². The molecule has 4 heteroatoms. The highest BCUT2D eigenvalue weighted by atomic mass is 16.1. The second kappa shape index (κ2) is 5.85. The van der Waals surface area contributed by atoms with Gasteiger partial charge in [-0.1, -0.05) is 13.0 Å². The fourth-order valence-electron chi connectivity index (χ4n) is 2.52. The van der Waals surface area contributed by atoms with Crippen LogP contribution in [0.3, 0.4) is 0 Å². The minimum Gasteiger partial charge on any atom is -0.368 e. The molecule has 1 fully saturated rings. The van der Waals surface area contributed by atoms with Gasteiger partial charge in [0.25, 0.3) is 0 Å². The van der Waals surface area contributed by atoms with Gasteiger partial charge in [0.2, 0.25) is 0 Å². The molecular weight excluding hydrogens is 238 g/mol. The molecule has 1 aromatic rings. The molecule has 0 aliphatic carbocycles. The predicted molar refractivity (Wildman–Crippen MR) is 75.5 cm³/mol. The number of carbonyl (C=O) groups excluding carboxylic acids is 1. The molecule has 0 radical (unpaired) electrons. The quantitative estimate of drug-likeness (QED) is 0.776. The minimum atomic E-state index is -0.0504. The first-order valence-electron chi connectivity index (χ1n) is 6.68. The molecule has 1 aliphatic rings. The Labute approximate surface area is 114 Å². The summed E-state index contributed by atoms with van der Waals surface area (Å²) in [7, 11) is 0. The normalized spacial score (nSPS) is 16.2. The first-order chi connectivity index (χ1) is 9.17. The highest BCUT2D eigenvalue weighted by Crippen LogP contribution is 2.24. The third-order valence-electron chi connectivity index (χ3n) is 3.69. The molecule has 1 aromatic carbocycles. The first-order valence-corrected chi connectivity index (χ1v) is 6.68. The van der Waals surface area contributed by atoms with E-state index in [9.17, 15) is 10.1 Å². The SMILES string of the molecule is CCN1CCN(c2cccc(C(C)=O)c2C#N)CC1. The standard InChI is InChI=1S/C15H19N3O/c1-3-17-7-9-18(10-8-17)15-6-4-5-13(12(2)19)14(15)11-16/h4-6H,3,7-10H2,1-2H3. The topological polar surface area (TPSA) is 47.3 Å². The zero-order valence-corrected chi connectivity index (χ0v) is 11.5. The average Bonchev–Trinajstić information content (AvgIpc) is 2.46. The summed E-state index contributed by atoms with van der Waals surface area (Å²) in [4.78, 5) is 16.2. The molecule has 0 amide bonds. The largest absolute Gasteiger partial charge is 0.368 e. The second-order valence-corrected chi connectivity index (χ2v) is 4.79. The minimum absolute atomic E-state index is 0.0504. The van der Waals surface area contributed by atoms with Gasteiger partial charge in [0.05, 0.1) is 11.3 Å². The third-order valence-corrected chi connectivity index (χ3v) is 3.69. The summed E-state index contributed by atoms with van der Waals surface area (Å²) in [5.74, 6) is -0.0504. The maximum atomic E-state index is 11.6. The van der Waals surface area contributed by atoms with Crippen molar-refractivity contribution in [2.75, 3.05) is 37.6 Å². The van der Waals surface area contributed by atoms with Crippen molar-refractivity contribution in [3.63, 3.8) is 0 Å². The molecule has 4 nitrogen and oxygen atoms in total. The lowest BCUT2D eigenvalue weighted by Crippen LogP contribution is -2.46. The van der Waals surface area contributed by atoms with E-state index in [-0.39, 0.29) is 5.78 Å². The fourth-order valence-corrected chi connectivity index (χ4v) is 2.52. The summed E-state index contributed by atoms with van der Waals surface area (Å²) in [6.07, 6.45) is 0. The molecule has 2 rings (SSSR count). The number of Topliss-reactive ketones (excluding diaryl/α,β-unsaturated/α-hetero) is 1. The maximum absolute atomic E-state index is 11.6. The third kappa shape index (κ3) is 2.77. The van der Waals surface area contributed by atoms with Gasteiger partial charge in [0.15, 0.2) is 5.78 Å². The first kappa shape index (κ1) is 13.6. The van der Waals surface area contributed by atoms with Crippen molar-refractivity contribution in [1.29, 1.82) is 5.26 Å². The summed E-state index contributed by atoms with van der Waals surface area (Å²) < 4.78 is 0. The van der Waals surface area contributed by atoms with Crippen molar-refractivity contribution in [3.05, 3.63) is 29.3 Å². The van der Waals surface area contributed by atoms with Crippen molar-refractivity contribution in [2.24, 2.45) is 0 Å². The Hall–Kier alpha value is -1.86. The molecule has 0 saturated carbocycles. The van der Waals surface area contributed by atoms with E-state index in [2.05, 4.69) is 22.8 Å². The van der Waals surface area contributed by atoms with Crippen LogP contribution in [-0.4, -0.2) is 43.4 Å². The van der Waals surface area contributed by atoms with Crippen LogP contribution in [0.2, 0.25) is 0 Å². The lowest BCUT2D eigenvalue weighted by molar-refractivity contribution is 0.101. The summed E-state index contributed by atoms with van der Waals surface area (Å²) in [6.45, 7) is 8.55. The number of hydrogen-bond donors (Lipinski definition) is 0. The number of piperazine rings is 1. The van der Waals surface area contributed by atoms with Crippen LogP contribution in [-0.2, 0) is 0 Å². The van der Waals surface area contributed by atoms with Crippen LogP contribution in [0.1, 0.15) is 29.8 Å². The lowest BCUT2D eigenvalue weighted by Gasteiger charge is -2.36. The molecular formula is C15H19N3O. The van der Waals surface area contributed by atoms with Crippen LogP contribution < -0.4 is 4.90 Å². The highest BCUT2D eigenvalue weighted by Gasteiger charge is 2.20. The van der Waals surface area contributed by atoms with E-state index in [0.29, 0.717) is 11.1 Å². The van der Waals surface area contributed by atoms with Gasteiger partial charge in [0, 0.05) is 31.7 Å². The molecule has 0 aromatic heterocycles. The van der Waals surface area contributed by atoms with Crippen molar-refractivity contribution in [2.45, 2.75) is 13.8 Å². The van der Waals surface area contributed by atoms with E-state index in [0.717, 1.165) is 38.4 Å². The van der Waals surface area contributed by atoms with Crippen LogP contribution in [0.4, 0.5) is 5.69 Å². The Bertz CT molecular complexity index is 511. The van der Waals surface area contributed by atoms with Crippen LogP contribution in [0.15, 0.2) is 18.2 Å². The molecule has 1 saturated heterocycles. The highest BCUT2D eigenvalue weighted by molar-refractivity contribution is 5.98. The predicted octanol–water partition coefficient (Wildman–Crippen LogP) is 1.90. The number of ketones is 1. The number of carbonyl (C=O) groups is 1. The van der Waals surface area contributed by atoms with Gasteiger partial charge < -0.3 is 9.80 Å². The van der Waals surface area contributed by atoms with Gasteiger partial charge in [-0.05, 0) is 25.6 Å². The van der Waals surface area contributed by atoms with E-state index in [1.165, 1.54) is 6.92 Å². The lowest BCUT2D eigenvalue weighted by atomic mass is 10.0. The molecule has 0 N–H and O–H groups in total. The Morgan fingerprint density at radius 3 is 2.53 bits per heavy atom. The van der Waals surface area contributed by atoms with Gasteiger partial charge in [-0.15, -0.1) is 0 Å². The van der Waals surface area contributed by atoms with Crippen LogP contribution in [0.25, 0.3) is 0 Å². The number of benzene rings is 1. The number of rotatable bonds is 3. The summed E-state index contributed by atoms with van der Waals surface area (Å²) in [5, 5.41) is 9.34. The van der Waals surface area contributed by atoms with Gasteiger partial charge in [-0.25, -0.2) is 0 Å². The Morgan fingerprint density at radius 1 is 1.32 bits per heavy atom. The number of likely N-dealkylation sites (N-methyl/N-ethyl adjacent to an activating group) is 1. The molecule has 0 unspecified atom stereocenters. The molecule has 0 spiro atoms. The van der Waals surface area contributed by atoms with E-state index < -0.39 is 0 Å². The molecule has 0 bridgehead atoms. The Kier molecular flexibility index (Phi) is 4.18. The van der Waals surface area contributed by atoms with Gasteiger partial charge in [-0.2, -0.15) is 5.26 Å². The summed E-state index contributed by atoms with van der Waals surface area (Å²) >= 11 is 0. The summed E-state index contributed by atoms with van der Waals surface area (Å²) in [6, 6.07) is 7.72.